The Morgan fingerprint density at radius 2 is 1.84 bits per heavy atom. The van der Waals surface area contributed by atoms with Crippen LogP contribution in [0.1, 0.15) is 71.5 Å². The lowest BCUT2D eigenvalue weighted by molar-refractivity contribution is -0.142. The third-order valence-electron chi connectivity index (χ3n) is 8.87. The highest BCUT2D eigenvalue weighted by atomic mass is 16.5. The molecule has 11 heteroatoms. The summed E-state index contributed by atoms with van der Waals surface area (Å²) in [5, 5.41) is 8.77. The van der Waals surface area contributed by atoms with E-state index >= 15 is 0 Å². The molecule has 2 aliphatic heterocycles. The smallest absolute Gasteiger partial charge is 0.289 e. The predicted molar refractivity (Wildman–Crippen MR) is 168 cm³/mol. The minimum Gasteiger partial charge on any atom is -0.497 e. The van der Waals surface area contributed by atoms with Gasteiger partial charge in [0.1, 0.15) is 29.0 Å². The van der Waals surface area contributed by atoms with Crippen LogP contribution in [0, 0.1) is 13.8 Å². The Bertz CT molecular complexity index is 1700. The van der Waals surface area contributed by atoms with Gasteiger partial charge in [0, 0.05) is 43.1 Å². The molecule has 2 aliphatic rings. The van der Waals surface area contributed by atoms with Gasteiger partial charge >= 0.3 is 0 Å². The molecule has 1 saturated heterocycles. The number of carbonyl (C=O) groups is 3. The molecule has 1 N–H and O–H groups in total. The maximum absolute atomic E-state index is 14.1. The normalized spacial score (nSPS) is 19.9. The second-order valence-electron chi connectivity index (χ2n) is 11.9. The molecular formula is C34H40N6O5. The molecule has 2 aromatic carbocycles. The molecule has 2 atom stereocenters. The van der Waals surface area contributed by atoms with E-state index in [9.17, 15) is 14.4 Å². The standard InChI is InChI=1S/C34H40N6O5/c1-22-26-15-14-25(44-3)21-29(26)45-31(22)34(43)38-16-9-13-30(41)39-17-8-7-12-28(39)33(42)36-27(20-24-10-5-4-6-11-24)32-35-23(2)37-40(32)19-18-38/h4-6,10-11,14-15,21,27-28H,7-9,12-13,16-20H2,1-3H3,(H,36,42)/t27-,28+/m1/s1. The van der Waals surface area contributed by atoms with Crippen molar-refractivity contribution in [2.24, 2.45) is 0 Å². The number of benzene rings is 2. The summed E-state index contributed by atoms with van der Waals surface area (Å²) >= 11 is 0. The van der Waals surface area contributed by atoms with E-state index in [2.05, 4.69) is 10.4 Å². The van der Waals surface area contributed by atoms with Crippen LogP contribution in [0.2, 0.25) is 0 Å². The average Bonchev–Trinajstić information content (AvgIpc) is 3.60. The third kappa shape index (κ3) is 6.43. The van der Waals surface area contributed by atoms with Gasteiger partial charge in [-0.05, 0) is 63.6 Å². The first-order chi connectivity index (χ1) is 21.8. The van der Waals surface area contributed by atoms with Gasteiger partial charge < -0.3 is 24.3 Å². The molecule has 0 aliphatic carbocycles. The summed E-state index contributed by atoms with van der Waals surface area (Å²) < 4.78 is 13.2. The van der Waals surface area contributed by atoms with E-state index in [0.29, 0.717) is 68.4 Å². The minimum atomic E-state index is -0.544. The van der Waals surface area contributed by atoms with E-state index in [1.165, 1.54) is 0 Å². The van der Waals surface area contributed by atoms with Gasteiger partial charge in [-0.25, -0.2) is 9.67 Å². The summed E-state index contributed by atoms with van der Waals surface area (Å²) in [4.78, 5) is 49.6. The first-order valence-corrected chi connectivity index (χ1v) is 15.7. The average molecular weight is 613 g/mol. The van der Waals surface area contributed by atoms with Gasteiger partial charge in [-0.2, -0.15) is 5.10 Å². The maximum atomic E-state index is 14.1. The van der Waals surface area contributed by atoms with E-state index < -0.39 is 12.1 Å². The van der Waals surface area contributed by atoms with Gasteiger partial charge in [0.25, 0.3) is 5.91 Å². The van der Waals surface area contributed by atoms with Crippen molar-refractivity contribution in [2.75, 3.05) is 26.7 Å². The molecule has 0 unspecified atom stereocenters. The van der Waals surface area contributed by atoms with Crippen LogP contribution < -0.4 is 10.1 Å². The summed E-state index contributed by atoms with van der Waals surface area (Å²) in [5.74, 6) is 1.64. The number of aromatic nitrogens is 3. The zero-order valence-corrected chi connectivity index (χ0v) is 26.1. The zero-order chi connectivity index (χ0) is 31.5. The van der Waals surface area contributed by atoms with E-state index in [1.54, 1.807) is 27.7 Å². The number of furan rings is 1. The van der Waals surface area contributed by atoms with Crippen molar-refractivity contribution in [1.29, 1.82) is 0 Å². The molecular weight excluding hydrogens is 572 g/mol. The van der Waals surface area contributed by atoms with Crippen molar-refractivity contribution in [1.82, 2.24) is 29.9 Å². The molecule has 0 saturated carbocycles. The van der Waals surface area contributed by atoms with Gasteiger partial charge in [-0.1, -0.05) is 30.3 Å². The van der Waals surface area contributed by atoms with Crippen LogP contribution in [0.4, 0.5) is 0 Å². The van der Waals surface area contributed by atoms with Crippen LogP contribution in [0.3, 0.4) is 0 Å². The topological polar surface area (TPSA) is 123 Å². The van der Waals surface area contributed by atoms with Crippen molar-refractivity contribution in [3.8, 4) is 5.75 Å². The summed E-state index contributed by atoms with van der Waals surface area (Å²) in [6.07, 6.45) is 3.56. The summed E-state index contributed by atoms with van der Waals surface area (Å²) in [5.41, 5.74) is 2.38. The number of ether oxygens (including phenoxy) is 1. The highest BCUT2D eigenvalue weighted by Gasteiger charge is 2.35. The predicted octanol–water partition coefficient (Wildman–Crippen LogP) is 4.37. The molecule has 2 aromatic heterocycles. The molecule has 11 nitrogen and oxygen atoms in total. The summed E-state index contributed by atoms with van der Waals surface area (Å²) in [7, 11) is 1.59. The fourth-order valence-electron chi connectivity index (χ4n) is 6.50. The number of methoxy groups -OCH3 is 1. The highest BCUT2D eigenvalue weighted by molar-refractivity contribution is 5.99. The van der Waals surface area contributed by atoms with Gasteiger partial charge in [0.05, 0.1) is 19.7 Å². The maximum Gasteiger partial charge on any atom is 0.289 e. The van der Waals surface area contributed by atoms with E-state index in [-0.39, 0.29) is 29.9 Å². The largest absolute Gasteiger partial charge is 0.497 e. The SMILES string of the molecule is COc1ccc2c(C)c(C(=O)N3CCCC(=O)N4CCCC[C@H]4C(=O)N[C@H](Cc4ccccc4)c4nc(C)nn4CC3)oc2c1. The minimum absolute atomic E-state index is 0.0649. The van der Waals surface area contributed by atoms with Crippen molar-refractivity contribution < 1.29 is 23.5 Å². The quantitative estimate of drug-likeness (QED) is 0.363. The molecule has 45 heavy (non-hydrogen) atoms. The second-order valence-corrected chi connectivity index (χ2v) is 11.9. The number of fused-ring (bicyclic) bond motifs is 3. The summed E-state index contributed by atoms with van der Waals surface area (Å²) in [6.45, 7) is 5.28. The lowest BCUT2D eigenvalue weighted by Gasteiger charge is -2.36. The molecule has 1 fully saturated rings. The van der Waals surface area contributed by atoms with Crippen LogP contribution in [0.15, 0.2) is 52.9 Å². The van der Waals surface area contributed by atoms with Crippen LogP contribution in [0.5, 0.6) is 5.75 Å². The lowest BCUT2D eigenvalue weighted by atomic mass is 9.99. The highest BCUT2D eigenvalue weighted by Crippen LogP contribution is 2.30. The van der Waals surface area contributed by atoms with Crippen molar-refractivity contribution >= 4 is 28.7 Å². The number of amides is 3. The van der Waals surface area contributed by atoms with Gasteiger partial charge in [-0.15, -0.1) is 0 Å². The Hall–Kier alpha value is -4.67. The molecule has 3 amide bonds. The monoisotopic (exact) mass is 612 g/mol. The molecule has 0 radical (unpaired) electrons. The Kier molecular flexibility index (Phi) is 8.86. The number of aryl methyl sites for hydroxylation is 2. The Labute approximate surface area is 262 Å². The van der Waals surface area contributed by atoms with Gasteiger partial charge in [-0.3, -0.25) is 14.4 Å². The third-order valence-corrected chi connectivity index (χ3v) is 8.87. The first kappa shape index (κ1) is 30.4. The number of carbonyl (C=O) groups excluding carboxylic acids is 3. The number of hydrogen-bond acceptors (Lipinski definition) is 7. The van der Waals surface area contributed by atoms with Crippen molar-refractivity contribution in [2.45, 2.75) is 71.0 Å². The van der Waals surface area contributed by atoms with Crippen LogP contribution in [-0.4, -0.2) is 75.1 Å². The number of piperidine rings is 1. The van der Waals surface area contributed by atoms with E-state index in [0.717, 1.165) is 29.4 Å². The summed E-state index contributed by atoms with van der Waals surface area (Å²) in [6, 6.07) is 14.4. The fraction of sp³-hybridized carbons (Fsp3) is 0.441. The molecule has 6 rings (SSSR count). The van der Waals surface area contributed by atoms with Crippen molar-refractivity contribution in [3.05, 3.63) is 77.1 Å². The van der Waals surface area contributed by atoms with Crippen molar-refractivity contribution in [3.63, 3.8) is 0 Å². The van der Waals surface area contributed by atoms with Gasteiger partial charge in [0.15, 0.2) is 5.76 Å². The van der Waals surface area contributed by atoms with E-state index in [1.807, 2.05) is 56.3 Å². The fourth-order valence-corrected chi connectivity index (χ4v) is 6.50. The van der Waals surface area contributed by atoms with Crippen LogP contribution in [-0.2, 0) is 22.6 Å². The molecule has 4 aromatic rings. The molecule has 0 spiro atoms. The Morgan fingerprint density at radius 3 is 2.64 bits per heavy atom. The molecule has 236 valence electrons. The number of hydrogen-bond donors (Lipinski definition) is 1. The number of rotatable bonds is 4. The number of nitrogens with zero attached hydrogens (tertiary/aromatic N) is 5. The van der Waals surface area contributed by atoms with Gasteiger partial charge in [0.2, 0.25) is 11.8 Å². The van der Waals surface area contributed by atoms with E-state index in [4.69, 9.17) is 14.1 Å². The Balaban J connectivity index is 1.35. The zero-order valence-electron chi connectivity index (χ0n) is 26.1. The Morgan fingerprint density at radius 1 is 1.02 bits per heavy atom. The first-order valence-electron chi connectivity index (χ1n) is 15.7. The number of nitrogens with one attached hydrogen (secondary N) is 1. The second kappa shape index (κ2) is 13.1. The molecule has 4 heterocycles. The van der Waals surface area contributed by atoms with Crippen LogP contribution in [0.25, 0.3) is 11.0 Å². The molecule has 0 bridgehead atoms. The van der Waals surface area contributed by atoms with Crippen LogP contribution >= 0.6 is 0 Å². The lowest BCUT2D eigenvalue weighted by Crippen LogP contribution is -2.53.